The summed E-state index contributed by atoms with van der Waals surface area (Å²) in [7, 11) is 2.71. The normalized spacial score (nSPS) is 30.6. The molecule has 0 radical (unpaired) electrons. The first-order valence-corrected chi connectivity index (χ1v) is 9.44. The van der Waals surface area contributed by atoms with Gasteiger partial charge in [0.25, 0.3) is 0 Å². The molecule has 2 fully saturated rings. The minimum atomic E-state index is -0.438. The molecule has 32 heavy (non-hydrogen) atoms. The Hall–Kier alpha value is -1.92. The molecule has 1 heterocycles. The minimum absolute atomic E-state index is 0. The molecule has 0 spiro atoms. The van der Waals surface area contributed by atoms with Crippen molar-refractivity contribution in [2.24, 2.45) is 29.6 Å². The number of hydroxylamine groups is 2. The first kappa shape index (κ1) is 30.1. The number of hydrogen-bond acceptors (Lipinski definition) is 6. The summed E-state index contributed by atoms with van der Waals surface area (Å²) >= 11 is 0. The molecular weight excluding hydrogens is 462 g/mol. The molecule has 0 N–H and O–H groups in total. The average molecular weight is 487 g/mol. The monoisotopic (exact) mass is 487 g/mol. The van der Waals surface area contributed by atoms with Crippen molar-refractivity contribution in [2.45, 2.75) is 32.4 Å². The van der Waals surface area contributed by atoms with Crippen molar-refractivity contribution >= 4 is 11.9 Å². The molecule has 5 aliphatic rings. The number of carbonyl (C=O) groups excluding carboxylic acids is 2. The molecule has 5 rings (SSSR count). The zero-order chi connectivity index (χ0) is 24.1. The van der Waals surface area contributed by atoms with Crippen molar-refractivity contribution < 1.29 is 54.9 Å². The van der Waals surface area contributed by atoms with Crippen LogP contribution in [0.4, 0.5) is 0 Å². The average Bonchev–Trinajstić information content (AvgIpc) is 3.18. The van der Waals surface area contributed by atoms with Crippen LogP contribution in [0, 0.1) is 49.5 Å². The van der Waals surface area contributed by atoms with Crippen molar-refractivity contribution in [1.29, 1.82) is 0 Å². The predicted octanol–water partition coefficient (Wildman–Crippen LogP) is 1.61. The van der Waals surface area contributed by atoms with Crippen LogP contribution in [0.1, 0.15) is 20.8 Å². The second-order valence-corrected chi connectivity index (χ2v) is 8.37. The minimum Gasteiger partial charge on any atom is 0 e. The van der Waals surface area contributed by atoms with Crippen LogP contribution in [-0.4, -0.2) is 49.4 Å². The molecular formula is C22H25FeNO8. The van der Waals surface area contributed by atoms with E-state index in [1.54, 1.807) is 0 Å². The van der Waals surface area contributed by atoms with E-state index < -0.39 is 11.9 Å². The molecule has 9 nitrogen and oxygen atoms in total. The van der Waals surface area contributed by atoms with E-state index in [1.807, 2.05) is 6.08 Å². The van der Waals surface area contributed by atoms with Crippen molar-refractivity contribution in [3.8, 4) is 0 Å². The summed E-state index contributed by atoms with van der Waals surface area (Å²) in [4.78, 5) is 31.1. The Morgan fingerprint density at radius 2 is 1.34 bits per heavy atom. The zero-order valence-corrected chi connectivity index (χ0v) is 19.5. The van der Waals surface area contributed by atoms with Crippen LogP contribution < -0.4 is 0 Å². The second kappa shape index (κ2) is 12.4. The molecule has 1 saturated heterocycles. The van der Waals surface area contributed by atoms with E-state index in [-0.39, 0.29) is 46.5 Å². The van der Waals surface area contributed by atoms with Crippen LogP contribution >= 0.6 is 0 Å². The molecule has 2 bridgehead atoms. The van der Waals surface area contributed by atoms with Crippen LogP contribution in [-0.2, 0) is 54.9 Å². The molecule has 1 saturated carbocycles. The van der Waals surface area contributed by atoms with Crippen LogP contribution in [0.15, 0.2) is 23.3 Å². The van der Waals surface area contributed by atoms with E-state index >= 15 is 0 Å². The summed E-state index contributed by atoms with van der Waals surface area (Å²) in [5.41, 5.74) is 0.867. The first-order chi connectivity index (χ1) is 14.8. The fourth-order valence-electron chi connectivity index (χ4n) is 5.14. The number of allylic oxidation sites excluding steroid dienone is 2. The van der Waals surface area contributed by atoms with E-state index in [4.69, 9.17) is 28.3 Å². The topological polar surface area (TPSA) is 125 Å². The van der Waals surface area contributed by atoms with Crippen LogP contribution in [0.2, 0.25) is 0 Å². The van der Waals surface area contributed by atoms with Crippen molar-refractivity contribution in [2.75, 3.05) is 20.8 Å². The maximum atomic E-state index is 12.4. The predicted molar refractivity (Wildman–Crippen MR) is 101 cm³/mol. The standard InChI is InChI=1S/C19H25NO5.3CO.Fe/c1-19(2,3)20-8-11-12-9-6-7-10(13(12)16(11)25-20)15(18(22)24-5)14(9)17(21)23-4;3*1-2;/h6-7,9-13,16H,8H2,1-5H3;;;;/t9-,10+,11-,12-,13-,16-;;;;/m1..../s1. The van der Waals surface area contributed by atoms with Gasteiger partial charge in [0.15, 0.2) is 0 Å². The molecule has 0 aromatic carbocycles. The number of carbonyl (C=O) groups is 2. The molecule has 4 aliphatic carbocycles. The quantitative estimate of drug-likeness (QED) is 0.192. The number of fused-ring (bicyclic) bond motifs is 1. The Morgan fingerprint density at radius 3 is 1.72 bits per heavy atom. The van der Waals surface area contributed by atoms with Gasteiger partial charge >= 0.3 is 45.8 Å². The van der Waals surface area contributed by atoms with E-state index in [0.29, 0.717) is 23.0 Å². The summed E-state index contributed by atoms with van der Waals surface area (Å²) in [6.45, 7) is 20.7. The van der Waals surface area contributed by atoms with Crippen molar-refractivity contribution in [3.05, 3.63) is 43.2 Å². The summed E-state index contributed by atoms with van der Waals surface area (Å²) in [6, 6.07) is 0. The smallest absolute Gasteiger partial charge is 0 e. The van der Waals surface area contributed by atoms with Gasteiger partial charge in [-0.25, -0.2) is 9.59 Å². The molecule has 0 aromatic rings. The maximum Gasteiger partial charge on any atom is 0 e. The molecule has 174 valence electrons. The number of esters is 2. The molecule has 0 aromatic heterocycles. The number of rotatable bonds is 2. The first-order valence-electron chi connectivity index (χ1n) is 9.44. The maximum absolute atomic E-state index is 12.4. The van der Waals surface area contributed by atoms with Gasteiger partial charge in [-0.05, 0) is 26.7 Å². The van der Waals surface area contributed by atoms with Crippen LogP contribution in [0.25, 0.3) is 0 Å². The number of nitrogens with zero attached hydrogens (tertiary/aromatic N) is 1. The third-order valence-electron chi connectivity index (χ3n) is 6.24. The summed E-state index contributed by atoms with van der Waals surface area (Å²) < 4.78 is 32.5. The number of hydrogen-bond donors (Lipinski definition) is 0. The SMILES string of the molecule is COC(=O)C1=C(C(=O)OC)[C@@H]2C=C[C@H]1[C@H]1[C@@H]3ON(C(C)(C)C)C[C@@H]3[C@H]12.[C-]#[O+].[C-]#[O+].[C-]#[O+].[Fe]. The Kier molecular flexibility index (Phi) is 11.6. The fourth-order valence-corrected chi connectivity index (χ4v) is 5.14. The number of methoxy groups -OCH3 is 2. The second-order valence-electron chi connectivity index (χ2n) is 8.37. The Morgan fingerprint density at radius 1 is 0.938 bits per heavy atom. The van der Waals surface area contributed by atoms with Gasteiger partial charge < -0.3 is 9.47 Å². The summed E-state index contributed by atoms with van der Waals surface area (Å²) in [5, 5.41) is 2.05. The third-order valence-corrected chi connectivity index (χ3v) is 6.24. The number of ether oxygens (including phenoxy) is 2. The van der Waals surface area contributed by atoms with E-state index in [2.05, 4.69) is 51.9 Å². The van der Waals surface area contributed by atoms with Gasteiger partial charge in [-0.1, -0.05) is 12.2 Å². The molecule has 6 atom stereocenters. The van der Waals surface area contributed by atoms with Crippen LogP contribution in [0.5, 0.6) is 0 Å². The Bertz CT molecular complexity index is 758. The van der Waals surface area contributed by atoms with Crippen molar-refractivity contribution in [1.82, 2.24) is 5.06 Å². The van der Waals surface area contributed by atoms with E-state index in [1.165, 1.54) is 14.2 Å². The molecule has 10 heteroatoms. The van der Waals surface area contributed by atoms with E-state index in [0.717, 1.165) is 6.54 Å². The third kappa shape index (κ3) is 4.86. The molecule has 1 aliphatic heterocycles. The summed E-state index contributed by atoms with van der Waals surface area (Å²) in [6.07, 6.45) is 4.21. The fraction of sp³-hybridized carbons (Fsp3) is 0.591. The Labute approximate surface area is 198 Å². The van der Waals surface area contributed by atoms with Crippen LogP contribution in [0.3, 0.4) is 0 Å². The van der Waals surface area contributed by atoms with Crippen molar-refractivity contribution in [3.63, 3.8) is 0 Å². The van der Waals surface area contributed by atoms with Gasteiger partial charge in [-0.3, -0.25) is 4.84 Å². The van der Waals surface area contributed by atoms with Gasteiger partial charge in [0, 0.05) is 52.8 Å². The van der Waals surface area contributed by atoms with Gasteiger partial charge in [0.1, 0.15) is 0 Å². The Balaban J connectivity index is 0.00000127. The van der Waals surface area contributed by atoms with E-state index in [9.17, 15) is 9.59 Å². The summed E-state index contributed by atoms with van der Waals surface area (Å²) in [5.74, 6) is -0.190. The van der Waals surface area contributed by atoms with Gasteiger partial charge in [-0.15, -0.1) is 0 Å². The zero-order valence-electron chi connectivity index (χ0n) is 18.4. The molecule has 0 unspecified atom stereocenters. The molecule has 0 amide bonds. The van der Waals surface area contributed by atoms with Gasteiger partial charge in [0.05, 0.1) is 31.5 Å². The van der Waals surface area contributed by atoms with Gasteiger partial charge in [0.2, 0.25) is 0 Å². The largest absolute Gasteiger partial charge is 0 e. The van der Waals surface area contributed by atoms with Gasteiger partial charge in [-0.2, -0.15) is 5.06 Å².